The van der Waals surface area contributed by atoms with Crippen LogP contribution < -0.4 is 0 Å². The lowest BCUT2D eigenvalue weighted by Crippen LogP contribution is -2.24. The van der Waals surface area contributed by atoms with Gasteiger partial charge in [-0.2, -0.15) is 18.0 Å². The SMILES string of the molecule is Cc1nnn(Cc2cc(C(F)(F)F)ccc2C=CC(=O)N(C)Cc2nc(-c3ccccc3)cs2)n1. The van der Waals surface area contributed by atoms with E-state index in [0.717, 1.165) is 28.4 Å². The topological polar surface area (TPSA) is 76.8 Å². The smallest absolute Gasteiger partial charge is 0.335 e. The van der Waals surface area contributed by atoms with Crippen LogP contribution >= 0.6 is 11.3 Å². The summed E-state index contributed by atoms with van der Waals surface area (Å²) in [7, 11) is 1.64. The predicted octanol–water partition coefficient (Wildman–Crippen LogP) is 4.84. The maximum Gasteiger partial charge on any atom is 0.416 e. The molecule has 0 aliphatic heterocycles. The van der Waals surface area contributed by atoms with Crippen molar-refractivity contribution in [3.63, 3.8) is 0 Å². The number of carbonyl (C=O) groups excluding carboxylic acids is 1. The zero-order valence-corrected chi connectivity index (χ0v) is 19.7. The molecule has 180 valence electrons. The van der Waals surface area contributed by atoms with E-state index >= 15 is 0 Å². The fourth-order valence-electron chi connectivity index (χ4n) is 3.32. The predicted molar refractivity (Wildman–Crippen MR) is 126 cm³/mol. The van der Waals surface area contributed by atoms with E-state index in [1.165, 1.54) is 39.3 Å². The zero-order valence-electron chi connectivity index (χ0n) is 18.9. The van der Waals surface area contributed by atoms with Crippen molar-refractivity contribution in [3.05, 3.63) is 87.5 Å². The van der Waals surface area contributed by atoms with Crippen molar-refractivity contribution in [2.75, 3.05) is 7.05 Å². The standard InChI is InChI=1S/C24H21F3N6OS/c1-16-29-31-33(30-16)13-19-12-20(24(25,26)27)10-8-17(19)9-11-23(34)32(2)14-22-28-21(15-35-22)18-6-4-3-5-7-18/h3-12,15H,13-14H2,1-2H3. The van der Waals surface area contributed by atoms with Crippen molar-refractivity contribution >= 4 is 23.3 Å². The number of benzene rings is 2. The van der Waals surface area contributed by atoms with Crippen molar-refractivity contribution < 1.29 is 18.0 Å². The minimum absolute atomic E-state index is 0.0180. The van der Waals surface area contributed by atoms with Crippen LogP contribution in [0.4, 0.5) is 13.2 Å². The molecule has 0 aliphatic rings. The number of aryl methyl sites for hydroxylation is 1. The first-order valence-electron chi connectivity index (χ1n) is 10.6. The first kappa shape index (κ1) is 24.3. The Balaban J connectivity index is 1.49. The van der Waals surface area contributed by atoms with Gasteiger partial charge in [0.25, 0.3) is 0 Å². The molecule has 11 heteroatoms. The molecule has 4 rings (SSSR count). The monoisotopic (exact) mass is 498 g/mol. The Labute approximate surface area is 203 Å². The third kappa shape index (κ3) is 6.18. The van der Waals surface area contributed by atoms with E-state index in [1.807, 2.05) is 35.7 Å². The van der Waals surface area contributed by atoms with Gasteiger partial charge in [0, 0.05) is 24.1 Å². The van der Waals surface area contributed by atoms with Gasteiger partial charge in [-0.05, 0) is 41.5 Å². The number of nitrogens with zero attached hydrogens (tertiary/aromatic N) is 6. The van der Waals surface area contributed by atoms with Crippen LogP contribution in [0, 0.1) is 6.92 Å². The quantitative estimate of drug-likeness (QED) is 0.341. The van der Waals surface area contributed by atoms with E-state index < -0.39 is 11.7 Å². The summed E-state index contributed by atoms with van der Waals surface area (Å²) in [6.45, 7) is 1.93. The van der Waals surface area contributed by atoms with Crippen molar-refractivity contribution in [1.82, 2.24) is 30.1 Å². The van der Waals surface area contributed by atoms with Crippen LogP contribution in [0.1, 0.15) is 27.5 Å². The second kappa shape index (κ2) is 10.2. The summed E-state index contributed by atoms with van der Waals surface area (Å²) in [5, 5.41) is 14.3. The molecule has 0 saturated heterocycles. The molecular formula is C24H21F3N6OS. The lowest BCUT2D eigenvalue weighted by Gasteiger charge is -2.14. The third-order valence-electron chi connectivity index (χ3n) is 5.11. The fraction of sp³-hybridized carbons (Fsp3) is 0.208. The summed E-state index contributed by atoms with van der Waals surface area (Å²) in [4.78, 5) is 20.0. The number of thiazole rings is 1. The van der Waals surface area contributed by atoms with Gasteiger partial charge in [-0.3, -0.25) is 4.79 Å². The highest BCUT2D eigenvalue weighted by Crippen LogP contribution is 2.31. The van der Waals surface area contributed by atoms with Gasteiger partial charge in [0.05, 0.1) is 24.3 Å². The van der Waals surface area contributed by atoms with E-state index in [0.29, 0.717) is 23.5 Å². The average Bonchev–Trinajstić information content (AvgIpc) is 3.46. The summed E-state index contributed by atoms with van der Waals surface area (Å²) in [5.41, 5.74) is 1.82. The molecule has 2 aromatic carbocycles. The maximum atomic E-state index is 13.2. The van der Waals surface area contributed by atoms with Gasteiger partial charge in [-0.1, -0.05) is 36.4 Å². The molecule has 2 heterocycles. The molecule has 0 saturated carbocycles. The molecule has 35 heavy (non-hydrogen) atoms. The third-order valence-corrected chi connectivity index (χ3v) is 5.94. The minimum atomic E-state index is -4.49. The Kier molecular flexibility index (Phi) is 7.06. The summed E-state index contributed by atoms with van der Waals surface area (Å²) in [6.07, 6.45) is -1.67. The number of alkyl halides is 3. The summed E-state index contributed by atoms with van der Waals surface area (Å²) in [6, 6.07) is 13.1. The number of likely N-dealkylation sites (N-methyl/N-ethyl adjacent to an activating group) is 1. The Morgan fingerprint density at radius 3 is 2.63 bits per heavy atom. The molecule has 0 N–H and O–H groups in total. The Morgan fingerprint density at radius 2 is 1.94 bits per heavy atom. The number of hydrogen-bond acceptors (Lipinski definition) is 6. The molecule has 7 nitrogen and oxygen atoms in total. The van der Waals surface area contributed by atoms with Crippen LogP contribution in [0.5, 0.6) is 0 Å². The Hall–Kier alpha value is -3.86. The van der Waals surface area contributed by atoms with Gasteiger partial charge in [-0.15, -0.1) is 21.5 Å². The number of halogens is 3. The first-order valence-corrected chi connectivity index (χ1v) is 11.4. The van der Waals surface area contributed by atoms with Gasteiger partial charge in [0.15, 0.2) is 5.82 Å². The van der Waals surface area contributed by atoms with Gasteiger partial charge in [-0.25, -0.2) is 4.98 Å². The summed E-state index contributed by atoms with van der Waals surface area (Å²) >= 11 is 1.46. The fourth-order valence-corrected chi connectivity index (χ4v) is 4.17. The number of rotatable bonds is 7. The summed E-state index contributed by atoms with van der Waals surface area (Å²) in [5.74, 6) is 0.102. The highest BCUT2D eigenvalue weighted by Gasteiger charge is 2.31. The van der Waals surface area contributed by atoms with Crippen LogP contribution in [0.25, 0.3) is 17.3 Å². The van der Waals surface area contributed by atoms with E-state index in [2.05, 4.69) is 20.4 Å². The maximum absolute atomic E-state index is 13.2. The lowest BCUT2D eigenvalue weighted by atomic mass is 10.0. The number of hydrogen-bond donors (Lipinski definition) is 0. The van der Waals surface area contributed by atoms with Crippen LogP contribution in [0.15, 0.2) is 60.0 Å². The Morgan fingerprint density at radius 1 is 1.17 bits per heavy atom. The van der Waals surface area contributed by atoms with Gasteiger partial charge in [0.1, 0.15) is 5.01 Å². The van der Waals surface area contributed by atoms with E-state index in [-0.39, 0.29) is 12.5 Å². The number of aromatic nitrogens is 5. The molecule has 0 radical (unpaired) electrons. The van der Waals surface area contributed by atoms with E-state index in [1.54, 1.807) is 14.0 Å². The average molecular weight is 499 g/mol. The van der Waals surface area contributed by atoms with Gasteiger partial charge < -0.3 is 4.90 Å². The van der Waals surface area contributed by atoms with Gasteiger partial charge in [0.2, 0.25) is 5.91 Å². The van der Waals surface area contributed by atoms with Crippen molar-refractivity contribution in [1.29, 1.82) is 0 Å². The molecule has 0 unspecified atom stereocenters. The number of amides is 1. The van der Waals surface area contributed by atoms with Crippen molar-refractivity contribution in [2.24, 2.45) is 0 Å². The normalized spacial score (nSPS) is 11.8. The lowest BCUT2D eigenvalue weighted by molar-refractivity contribution is -0.137. The van der Waals surface area contributed by atoms with Crippen LogP contribution in [0.3, 0.4) is 0 Å². The molecule has 0 fully saturated rings. The van der Waals surface area contributed by atoms with E-state index in [9.17, 15) is 18.0 Å². The number of tetrazole rings is 1. The largest absolute Gasteiger partial charge is 0.416 e. The van der Waals surface area contributed by atoms with Crippen LogP contribution in [-0.2, 0) is 24.1 Å². The molecule has 0 bridgehead atoms. The minimum Gasteiger partial charge on any atom is -0.335 e. The van der Waals surface area contributed by atoms with Crippen molar-refractivity contribution in [2.45, 2.75) is 26.2 Å². The summed E-state index contributed by atoms with van der Waals surface area (Å²) < 4.78 is 39.7. The van der Waals surface area contributed by atoms with Crippen LogP contribution in [0.2, 0.25) is 0 Å². The molecule has 0 spiro atoms. The highest BCUT2D eigenvalue weighted by atomic mass is 32.1. The molecule has 0 aliphatic carbocycles. The van der Waals surface area contributed by atoms with E-state index in [4.69, 9.17) is 0 Å². The molecular weight excluding hydrogens is 477 g/mol. The van der Waals surface area contributed by atoms with Crippen LogP contribution in [-0.4, -0.2) is 43.0 Å². The molecule has 4 aromatic rings. The number of carbonyl (C=O) groups is 1. The molecule has 0 atom stereocenters. The molecule has 2 aromatic heterocycles. The molecule has 1 amide bonds. The Bertz CT molecular complexity index is 1350. The van der Waals surface area contributed by atoms with Crippen molar-refractivity contribution in [3.8, 4) is 11.3 Å². The highest BCUT2D eigenvalue weighted by molar-refractivity contribution is 7.09. The van der Waals surface area contributed by atoms with Gasteiger partial charge >= 0.3 is 6.18 Å². The second-order valence-corrected chi connectivity index (χ2v) is 8.74. The zero-order chi connectivity index (χ0) is 25.0. The first-order chi connectivity index (χ1) is 16.7. The second-order valence-electron chi connectivity index (χ2n) is 7.80.